The first-order chi connectivity index (χ1) is 10.0. The number of aryl methyl sites for hydroxylation is 3. The minimum atomic E-state index is -0.00574. The minimum absolute atomic E-state index is 0.00574. The van der Waals surface area contributed by atoms with Crippen LogP contribution in [-0.4, -0.2) is 12.5 Å². The fraction of sp³-hybridized carbons (Fsp3) is 0.278. The third-order valence-corrected chi connectivity index (χ3v) is 3.57. The van der Waals surface area contributed by atoms with Gasteiger partial charge in [0.25, 0.3) is 0 Å². The topological polar surface area (TPSA) is 41.1 Å². The Labute approximate surface area is 126 Å². The number of nitrogens with one attached hydrogen (secondary N) is 2. The average molecular weight is 282 g/mol. The molecule has 0 unspecified atom stereocenters. The lowest BCUT2D eigenvalue weighted by Gasteiger charge is -2.09. The SMILES string of the molecule is Cc1ccc(CNC(=O)CNc2ccc(C)c(C)c2)cc1. The third kappa shape index (κ3) is 4.63. The van der Waals surface area contributed by atoms with E-state index in [4.69, 9.17) is 0 Å². The van der Waals surface area contributed by atoms with Gasteiger partial charge in [0.1, 0.15) is 0 Å². The lowest BCUT2D eigenvalue weighted by atomic mass is 10.1. The molecule has 0 saturated heterocycles. The van der Waals surface area contributed by atoms with Crippen LogP contribution in [0.1, 0.15) is 22.3 Å². The van der Waals surface area contributed by atoms with Gasteiger partial charge in [0.05, 0.1) is 6.54 Å². The van der Waals surface area contributed by atoms with Crippen molar-refractivity contribution in [1.82, 2.24) is 5.32 Å². The number of hydrogen-bond acceptors (Lipinski definition) is 2. The summed E-state index contributed by atoms with van der Waals surface area (Å²) in [5, 5.41) is 6.06. The summed E-state index contributed by atoms with van der Waals surface area (Å²) in [6.07, 6.45) is 0. The molecule has 1 amide bonds. The molecule has 0 radical (unpaired) electrons. The molecule has 2 aromatic rings. The van der Waals surface area contributed by atoms with E-state index in [2.05, 4.69) is 55.7 Å². The molecule has 2 aromatic carbocycles. The summed E-state index contributed by atoms with van der Waals surface area (Å²) in [6, 6.07) is 14.3. The standard InChI is InChI=1S/C18H22N2O/c1-13-4-7-16(8-5-13)11-20-18(21)12-19-17-9-6-14(2)15(3)10-17/h4-10,19H,11-12H2,1-3H3,(H,20,21). The largest absolute Gasteiger partial charge is 0.376 e. The van der Waals surface area contributed by atoms with Gasteiger partial charge in [-0.25, -0.2) is 0 Å². The Morgan fingerprint density at radius 3 is 2.33 bits per heavy atom. The number of amides is 1. The molecule has 21 heavy (non-hydrogen) atoms. The molecule has 2 N–H and O–H groups in total. The second kappa shape index (κ2) is 6.93. The van der Waals surface area contributed by atoms with E-state index in [-0.39, 0.29) is 12.5 Å². The molecule has 110 valence electrons. The van der Waals surface area contributed by atoms with Crippen LogP contribution in [-0.2, 0) is 11.3 Å². The van der Waals surface area contributed by atoms with Crippen molar-refractivity contribution in [3.8, 4) is 0 Å². The minimum Gasteiger partial charge on any atom is -0.376 e. The maximum absolute atomic E-state index is 11.8. The summed E-state index contributed by atoms with van der Waals surface area (Å²) in [5.41, 5.74) is 5.79. The van der Waals surface area contributed by atoms with E-state index in [1.54, 1.807) is 0 Å². The first-order valence-electron chi connectivity index (χ1n) is 7.18. The number of hydrogen-bond donors (Lipinski definition) is 2. The zero-order valence-electron chi connectivity index (χ0n) is 12.9. The smallest absolute Gasteiger partial charge is 0.239 e. The van der Waals surface area contributed by atoms with Gasteiger partial charge in [-0.05, 0) is 49.6 Å². The zero-order valence-corrected chi connectivity index (χ0v) is 12.9. The van der Waals surface area contributed by atoms with Crippen molar-refractivity contribution >= 4 is 11.6 Å². The molecule has 0 fully saturated rings. The van der Waals surface area contributed by atoms with Crippen molar-refractivity contribution < 1.29 is 4.79 Å². The molecule has 0 bridgehead atoms. The first kappa shape index (κ1) is 15.1. The molecule has 0 aliphatic rings. The van der Waals surface area contributed by atoms with Crippen LogP contribution >= 0.6 is 0 Å². The van der Waals surface area contributed by atoms with Crippen molar-refractivity contribution in [2.24, 2.45) is 0 Å². The Hall–Kier alpha value is -2.29. The van der Waals surface area contributed by atoms with E-state index in [1.165, 1.54) is 16.7 Å². The number of carbonyl (C=O) groups is 1. The normalized spacial score (nSPS) is 10.2. The Morgan fingerprint density at radius 2 is 1.67 bits per heavy atom. The quantitative estimate of drug-likeness (QED) is 0.883. The molecule has 0 spiro atoms. The molecule has 0 saturated carbocycles. The molecule has 0 aliphatic carbocycles. The fourth-order valence-corrected chi connectivity index (χ4v) is 2.00. The Bertz CT molecular complexity index is 618. The highest BCUT2D eigenvalue weighted by atomic mass is 16.1. The highest BCUT2D eigenvalue weighted by molar-refractivity contribution is 5.80. The molecular formula is C18H22N2O. The fourth-order valence-electron chi connectivity index (χ4n) is 2.00. The lowest BCUT2D eigenvalue weighted by Crippen LogP contribution is -2.29. The molecule has 2 rings (SSSR count). The van der Waals surface area contributed by atoms with Crippen LogP contribution in [0.3, 0.4) is 0 Å². The molecule has 0 aromatic heterocycles. The second-order valence-corrected chi connectivity index (χ2v) is 5.41. The number of anilines is 1. The molecular weight excluding hydrogens is 260 g/mol. The van der Waals surface area contributed by atoms with Crippen molar-refractivity contribution in [3.63, 3.8) is 0 Å². The van der Waals surface area contributed by atoms with Gasteiger partial charge < -0.3 is 10.6 Å². The molecule has 3 nitrogen and oxygen atoms in total. The zero-order chi connectivity index (χ0) is 15.2. The highest BCUT2D eigenvalue weighted by Crippen LogP contribution is 2.13. The van der Waals surface area contributed by atoms with Crippen LogP contribution < -0.4 is 10.6 Å². The van der Waals surface area contributed by atoms with Crippen molar-refractivity contribution in [2.75, 3.05) is 11.9 Å². The van der Waals surface area contributed by atoms with Crippen LogP contribution in [0.15, 0.2) is 42.5 Å². The molecule has 0 atom stereocenters. The van der Waals surface area contributed by atoms with Gasteiger partial charge in [-0.3, -0.25) is 4.79 Å². The summed E-state index contributed by atoms with van der Waals surface area (Å²) in [5.74, 6) is -0.00574. The summed E-state index contributed by atoms with van der Waals surface area (Å²) in [4.78, 5) is 11.8. The van der Waals surface area contributed by atoms with Gasteiger partial charge in [-0.2, -0.15) is 0 Å². The van der Waals surface area contributed by atoms with E-state index in [9.17, 15) is 4.79 Å². The summed E-state index contributed by atoms with van der Waals surface area (Å²) >= 11 is 0. The third-order valence-electron chi connectivity index (χ3n) is 3.57. The summed E-state index contributed by atoms with van der Waals surface area (Å²) in [7, 11) is 0. The maximum atomic E-state index is 11.8. The van der Waals surface area contributed by atoms with Crippen molar-refractivity contribution in [3.05, 3.63) is 64.7 Å². The second-order valence-electron chi connectivity index (χ2n) is 5.41. The van der Waals surface area contributed by atoms with Gasteiger partial charge >= 0.3 is 0 Å². The predicted molar refractivity (Wildman–Crippen MR) is 87.4 cm³/mol. The van der Waals surface area contributed by atoms with E-state index in [0.717, 1.165) is 11.3 Å². The van der Waals surface area contributed by atoms with E-state index < -0.39 is 0 Å². The Morgan fingerprint density at radius 1 is 0.952 bits per heavy atom. The lowest BCUT2D eigenvalue weighted by molar-refractivity contribution is -0.119. The molecule has 3 heteroatoms. The Kier molecular flexibility index (Phi) is 4.99. The molecule has 0 heterocycles. The Balaban J connectivity index is 1.79. The predicted octanol–water partition coefficient (Wildman–Crippen LogP) is 3.34. The van der Waals surface area contributed by atoms with Crippen LogP contribution in [0.4, 0.5) is 5.69 Å². The summed E-state index contributed by atoms with van der Waals surface area (Å²) in [6.45, 7) is 7.04. The average Bonchev–Trinajstić information content (AvgIpc) is 2.48. The first-order valence-corrected chi connectivity index (χ1v) is 7.18. The van der Waals surface area contributed by atoms with Gasteiger partial charge in [0, 0.05) is 12.2 Å². The van der Waals surface area contributed by atoms with Gasteiger partial charge in [-0.15, -0.1) is 0 Å². The van der Waals surface area contributed by atoms with E-state index in [1.807, 2.05) is 18.2 Å². The van der Waals surface area contributed by atoms with E-state index in [0.29, 0.717) is 6.54 Å². The van der Waals surface area contributed by atoms with Gasteiger partial charge in [-0.1, -0.05) is 35.9 Å². The van der Waals surface area contributed by atoms with Crippen LogP contribution in [0, 0.1) is 20.8 Å². The number of benzene rings is 2. The van der Waals surface area contributed by atoms with Crippen LogP contribution in [0.25, 0.3) is 0 Å². The van der Waals surface area contributed by atoms with E-state index >= 15 is 0 Å². The van der Waals surface area contributed by atoms with Crippen molar-refractivity contribution in [2.45, 2.75) is 27.3 Å². The molecule has 0 aliphatic heterocycles. The van der Waals surface area contributed by atoms with Gasteiger partial charge in [0.2, 0.25) is 5.91 Å². The van der Waals surface area contributed by atoms with Crippen LogP contribution in [0.2, 0.25) is 0 Å². The highest BCUT2D eigenvalue weighted by Gasteiger charge is 2.02. The van der Waals surface area contributed by atoms with Crippen molar-refractivity contribution in [1.29, 1.82) is 0 Å². The van der Waals surface area contributed by atoms with Gasteiger partial charge in [0.15, 0.2) is 0 Å². The number of rotatable bonds is 5. The monoisotopic (exact) mass is 282 g/mol. The maximum Gasteiger partial charge on any atom is 0.239 e. The van der Waals surface area contributed by atoms with Crippen LogP contribution in [0.5, 0.6) is 0 Å². The summed E-state index contributed by atoms with van der Waals surface area (Å²) < 4.78 is 0. The number of carbonyl (C=O) groups excluding carboxylic acids is 1.